The third-order valence-electron chi connectivity index (χ3n) is 2.66. The smallest absolute Gasteiger partial charge is 0.305 e. The van der Waals surface area contributed by atoms with E-state index in [1.165, 1.54) is 7.05 Å². The molecule has 2 rings (SSSR count). The van der Waals surface area contributed by atoms with Gasteiger partial charge in [0, 0.05) is 13.2 Å². The summed E-state index contributed by atoms with van der Waals surface area (Å²) in [5.74, 6) is -1.37. The van der Waals surface area contributed by atoms with Gasteiger partial charge in [0.25, 0.3) is 5.91 Å². The number of carbonyl (C=O) groups excluding carboxylic acids is 1. The lowest BCUT2D eigenvalue weighted by molar-refractivity contribution is -0.385. The maximum Gasteiger partial charge on any atom is 0.416 e. The van der Waals surface area contributed by atoms with Crippen molar-refractivity contribution in [3.8, 4) is 0 Å². The van der Waals surface area contributed by atoms with E-state index in [1.54, 1.807) is 0 Å². The van der Waals surface area contributed by atoms with Crippen molar-refractivity contribution in [1.29, 1.82) is 0 Å². The molecule has 1 amide bonds. The number of carbonyl (C=O) groups is 1. The summed E-state index contributed by atoms with van der Waals surface area (Å²) in [4.78, 5) is 25.5. The van der Waals surface area contributed by atoms with Gasteiger partial charge >= 0.3 is 11.9 Å². The van der Waals surface area contributed by atoms with E-state index < -0.39 is 34.0 Å². The van der Waals surface area contributed by atoms with Crippen LogP contribution in [0.1, 0.15) is 16.1 Å². The minimum absolute atomic E-state index is 0.379. The van der Waals surface area contributed by atoms with E-state index in [2.05, 4.69) is 15.4 Å². The first-order valence-corrected chi connectivity index (χ1v) is 5.71. The van der Waals surface area contributed by atoms with Crippen molar-refractivity contribution in [2.75, 3.05) is 5.32 Å². The predicted molar refractivity (Wildman–Crippen MR) is 67.1 cm³/mol. The van der Waals surface area contributed by atoms with Crippen molar-refractivity contribution in [2.45, 2.75) is 6.18 Å². The van der Waals surface area contributed by atoms with Gasteiger partial charge in [0.2, 0.25) is 5.69 Å². The van der Waals surface area contributed by atoms with Crippen LogP contribution < -0.4 is 5.32 Å². The predicted octanol–water partition coefficient (Wildman–Crippen LogP) is 1.99. The number of nitrogens with zero attached hydrogens (tertiary/aromatic N) is 4. The molecule has 0 aliphatic carbocycles. The molecular weight excluding hydrogens is 307 g/mol. The zero-order valence-corrected chi connectivity index (χ0v) is 11.0. The van der Waals surface area contributed by atoms with Gasteiger partial charge in [-0.05, 0) is 12.1 Å². The molecule has 116 valence electrons. The van der Waals surface area contributed by atoms with E-state index in [1.807, 2.05) is 0 Å². The molecule has 0 bridgehead atoms. The maximum absolute atomic E-state index is 12.6. The van der Waals surface area contributed by atoms with Gasteiger partial charge in [-0.15, -0.1) is 0 Å². The number of hydrogen-bond acceptors (Lipinski definition) is 5. The molecule has 0 aromatic carbocycles. The Morgan fingerprint density at radius 2 is 2.14 bits per heavy atom. The largest absolute Gasteiger partial charge is 0.416 e. The molecule has 0 radical (unpaired) electrons. The Bertz CT molecular complexity index is 741. The summed E-state index contributed by atoms with van der Waals surface area (Å²) in [5, 5.41) is 16.4. The van der Waals surface area contributed by atoms with Crippen molar-refractivity contribution in [1.82, 2.24) is 14.8 Å². The van der Waals surface area contributed by atoms with Crippen LogP contribution in [0.15, 0.2) is 24.5 Å². The summed E-state index contributed by atoms with van der Waals surface area (Å²) in [5.41, 5.74) is -1.96. The fourth-order valence-corrected chi connectivity index (χ4v) is 1.67. The third kappa shape index (κ3) is 3.02. The number of anilines is 1. The van der Waals surface area contributed by atoms with E-state index in [0.717, 1.165) is 23.1 Å². The molecule has 2 heterocycles. The summed E-state index contributed by atoms with van der Waals surface area (Å²) in [7, 11) is 1.29. The Morgan fingerprint density at radius 1 is 1.45 bits per heavy atom. The number of hydrogen-bond donors (Lipinski definition) is 1. The first-order chi connectivity index (χ1) is 10.2. The highest BCUT2D eigenvalue weighted by Gasteiger charge is 2.31. The second-order valence-electron chi connectivity index (χ2n) is 4.14. The SMILES string of the molecule is Cn1ncc([N+](=O)[O-])c1C(=O)Nc1cc(C(F)(F)F)ccn1. The first-order valence-electron chi connectivity index (χ1n) is 5.71. The van der Waals surface area contributed by atoms with Crippen molar-refractivity contribution in [2.24, 2.45) is 7.05 Å². The average Bonchev–Trinajstić information content (AvgIpc) is 2.80. The molecule has 2 aromatic heterocycles. The van der Waals surface area contributed by atoms with Crippen molar-refractivity contribution >= 4 is 17.4 Å². The second kappa shape index (κ2) is 5.42. The van der Waals surface area contributed by atoms with Crippen LogP contribution in [0.5, 0.6) is 0 Å². The summed E-state index contributed by atoms with van der Waals surface area (Å²) in [6.45, 7) is 0. The number of nitro groups is 1. The Hall–Kier alpha value is -2.98. The summed E-state index contributed by atoms with van der Waals surface area (Å²) < 4.78 is 38.7. The van der Waals surface area contributed by atoms with E-state index in [9.17, 15) is 28.1 Å². The number of halogens is 3. The monoisotopic (exact) mass is 315 g/mol. The number of aryl methyl sites for hydroxylation is 1. The second-order valence-corrected chi connectivity index (χ2v) is 4.14. The minimum Gasteiger partial charge on any atom is -0.305 e. The molecule has 0 unspecified atom stereocenters. The standard InChI is InChI=1S/C11H8F3N5O3/c1-18-9(7(5-16-18)19(21)22)10(20)17-8-4-6(2-3-15-8)11(12,13)14/h2-5H,1H3,(H,15,17,20). The molecule has 0 fully saturated rings. The summed E-state index contributed by atoms with van der Waals surface area (Å²) in [6, 6.07) is 1.36. The molecule has 8 nitrogen and oxygen atoms in total. The fourth-order valence-electron chi connectivity index (χ4n) is 1.67. The molecule has 0 atom stereocenters. The van der Waals surface area contributed by atoms with E-state index in [4.69, 9.17) is 0 Å². The van der Waals surface area contributed by atoms with Crippen LogP contribution >= 0.6 is 0 Å². The lowest BCUT2D eigenvalue weighted by Crippen LogP contribution is -2.18. The molecule has 22 heavy (non-hydrogen) atoms. The van der Waals surface area contributed by atoms with Crippen LogP contribution in [-0.2, 0) is 13.2 Å². The van der Waals surface area contributed by atoms with Crippen molar-refractivity contribution < 1.29 is 22.9 Å². The van der Waals surface area contributed by atoms with Crippen molar-refractivity contribution in [3.05, 3.63) is 45.9 Å². The number of amides is 1. The molecule has 11 heteroatoms. The topological polar surface area (TPSA) is 103 Å². The minimum atomic E-state index is -4.60. The van der Waals surface area contributed by atoms with E-state index in [0.29, 0.717) is 6.07 Å². The van der Waals surface area contributed by atoms with Gasteiger partial charge in [-0.1, -0.05) is 0 Å². The van der Waals surface area contributed by atoms with E-state index in [-0.39, 0.29) is 5.82 Å². The average molecular weight is 315 g/mol. The lowest BCUT2D eigenvalue weighted by atomic mass is 10.2. The number of rotatable bonds is 3. The van der Waals surface area contributed by atoms with E-state index >= 15 is 0 Å². The van der Waals surface area contributed by atoms with Gasteiger partial charge in [-0.2, -0.15) is 18.3 Å². The number of aromatic nitrogens is 3. The quantitative estimate of drug-likeness (QED) is 0.689. The van der Waals surface area contributed by atoms with Crippen LogP contribution in [0, 0.1) is 10.1 Å². The highest BCUT2D eigenvalue weighted by Crippen LogP contribution is 2.30. The first kappa shape index (κ1) is 15.4. The van der Waals surface area contributed by atoms with Crippen LogP contribution in [0.25, 0.3) is 0 Å². The molecule has 0 aliphatic heterocycles. The molecule has 0 saturated carbocycles. The summed E-state index contributed by atoms with van der Waals surface area (Å²) >= 11 is 0. The fraction of sp³-hybridized carbons (Fsp3) is 0.182. The zero-order chi connectivity index (χ0) is 16.5. The van der Waals surface area contributed by atoms with Gasteiger partial charge in [0.15, 0.2) is 0 Å². The van der Waals surface area contributed by atoms with Gasteiger partial charge < -0.3 is 5.32 Å². The molecule has 0 aliphatic rings. The zero-order valence-electron chi connectivity index (χ0n) is 11.0. The lowest BCUT2D eigenvalue weighted by Gasteiger charge is -2.09. The Balaban J connectivity index is 2.30. The number of alkyl halides is 3. The Kier molecular flexibility index (Phi) is 3.80. The number of pyridine rings is 1. The van der Waals surface area contributed by atoms with Gasteiger partial charge in [-0.3, -0.25) is 19.6 Å². The Morgan fingerprint density at radius 3 is 2.73 bits per heavy atom. The molecule has 0 saturated heterocycles. The Labute approximate surface area is 120 Å². The van der Waals surface area contributed by atoms with Gasteiger partial charge in [-0.25, -0.2) is 4.98 Å². The molecular formula is C11H8F3N5O3. The molecule has 1 N–H and O–H groups in total. The summed E-state index contributed by atoms with van der Waals surface area (Å²) in [6.07, 6.45) is -2.86. The normalized spacial score (nSPS) is 11.3. The van der Waals surface area contributed by atoms with Crippen LogP contribution in [0.3, 0.4) is 0 Å². The third-order valence-corrected chi connectivity index (χ3v) is 2.66. The molecule has 2 aromatic rings. The van der Waals surface area contributed by atoms with Crippen molar-refractivity contribution in [3.63, 3.8) is 0 Å². The van der Waals surface area contributed by atoms with Crippen LogP contribution in [-0.4, -0.2) is 25.6 Å². The highest BCUT2D eigenvalue weighted by molar-refractivity contribution is 6.05. The van der Waals surface area contributed by atoms with Gasteiger partial charge in [0.05, 0.1) is 10.5 Å². The van der Waals surface area contributed by atoms with Gasteiger partial charge in [0.1, 0.15) is 12.0 Å². The number of nitrogens with one attached hydrogen (secondary N) is 1. The molecule has 0 spiro atoms. The highest BCUT2D eigenvalue weighted by atomic mass is 19.4. The van der Waals surface area contributed by atoms with Crippen LogP contribution in [0.2, 0.25) is 0 Å². The van der Waals surface area contributed by atoms with Crippen LogP contribution in [0.4, 0.5) is 24.7 Å². The maximum atomic E-state index is 12.6.